The number of nitrogens with one attached hydrogen (secondary N) is 1. The number of rotatable bonds is 7. The molecular weight excluding hydrogens is 309 g/mol. The predicted molar refractivity (Wildman–Crippen MR) is 90.5 cm³/mol. The van der Waals surface area contributed by atoms with E-state index in [2.05, 4.69) is 22.0 Å². The fourth-order valence-corrected chi connectivity index (χ4v) is 3.11. The summed E-state index contributed by atoms with van der Waals surface area (Å²) >= 11 is 0. The molecule has 3 rings (SSSR count). The summed E-state index contributed by atoms with van der Waals surface area (Å²) in [5, 5.41) is 7.06. The quantitative estimate of drug-likeness (QED) is 0.845. The maximum atomic E-state index is 14.4. The number of hydrogen-bond donors (Lipinski definition) is 1. The Morgan fingerprint density at radius 1 is 1.46 bits per heavy atom. The summed E-state index contributed by atoms with van der Waals surface area (Å²) in [6, 6.07) is 4.87. The van der Waals surface area contributed by atoms with Gasteiger partial charge in [0, 0.05) is 36.9 Å². The molecule has 0 amide bonds. The topological polar surface area (TPSA) is 50.4 Å². The van der Waals surface area contributed by atoms with Gasteiger partial charge in [-0.05, 0) is 31.5 Å². The number of methoxy groups -OCH3 is 1. The van der Waals surface area contributed by atoms with Crippen LogP contribution in [0.4, 0.5) is 4.39 Å². The van der Waals surface area contributed by atoms with Gasteiger partial charge in [0.05, 0.1) is 25.1 Å². The molecule has 6 heteroatoms. The zero-order valence-corrected chi connectivity index (χ0v) is 14.2. The van der Waals surface area contributed by atoms with Crippen molar-refractivity contribution in [1.29, 1.82) is 0 Å². The zero-order valence-electron chi connectivity index (χ0n) is 14.2. The number of hydrogen-bond acceptors (Lipinski definition) is 4. The molecule has 1 aromatic heterocycles. The third kappa shape index (κ3) is 3.76. The van der Waals surface area contributed by atoms with Crippen molar-refractivity contribution in [2.24, 2.45) is 0 Å². The van der Waals surface area contributed by atoms with Crippen molar-refractivity contribution in [3.05, 3.63) is 35.8 Å². The molecule has 24 heavy (non-hydrogen) atoms. The molecule has 2 aromatic rings. The van der Waals surface area contributed by atoms with E-state index in [-0.39, 0.29) is 5.82 Å². The molecule has 0 radical (unpaired) electrons. The summed E-state index contributed by atoms with van der Waals surface area (Å²) in [5.41, 5.74) is 2.22. The first kappa shape index (κ1) is 16.9. The van der Waals surface area contributed by atoms with Crippen LogP contribution in [0.15, 0.2) is 24.4 Å². The Morgan fingerprint density at radius 2 is 2.33 bits per heavy atom. The maximum absolute atomic E-state index is 14.4. The number of aromatic amines is 1. The van der Waals surface area contributed by atoms with E-state index in [9.17, 15) is 4.39 Å². The van der Waals surface area contributed by atoms with Gasteiger partial charge in [-0.1, -0.05) is 6.92 Å². The highest BCUT2D eigenvalue weighted by atomic mass is 19.1. The third-order valence-corrected chi connectivity index (χ3v) is 4.49. The molecule has 0 saturated carbocycles. The molecule has 1 saturated heterocycles. The van der Waals surface area contributed by atoms with Gasteiger partial charge < -0.3 is 9.47 Å². The monoisotopic (exact) mass is 333 g/mol. The van der Waals surface area contributed by atoms with Crippen LogP contribution in [-0.2, 0) is 11.3 Å². The molecule has 1 aromatic carbocycles. The van der Waals surface area contributed by atoms with E-state index in [1.54, 1.807) is 18.3 Å². The molecule has 0 unspecified atom stereocenters. The van der Waals surface area contributed by atoms with Crippen LogP contribution in [-0.4, -0.2) is 48.0 Å². The second-order valence-corrected chi connectivity index (χ2v) is 6.08. The number of nitrogens with zero attached hydrogens (tertiary/aromatic N) is 2. The fourth-order valence-electron chi connectivity index (χ4n) is 3.11. The molecule has 1 atom stereocenters. The minimum atomic E-state index is -0.318. The summed E-state index contributed by atoms with van der Waals surface area (Å²) in [5.74, 6) is 0.188. The molecule has 1 fully saturated rings. The van der Waals surface area contributed by atoms with E-state index in [1.165, 1.54) is 13.2 Å². The van der Waals surface area contributed by atoms with Gasteiger partial charge in [0.25, 0.3) is 0 Å². The summed E-state index contributed by atoms with van der Waals surface area (Å²) in [6.45, 7) is 5.51. The second-order valence-electron chi connectivity index (χ2n) is 6.08. The van der Waals surface area contributed by atoms with Crippen molar-refractivity contribution in [2.45, 2.75) is 32.4 Å². The van der Waals surface area contributed by atoms with Gasteiger partial charge in [-0.2, -0.15) is 5.10 Å². The highest BCUT2D eigenvalue weighted by Crippen LogP contribution is 2.28. The average Bonchev–Trinajstić information content (AvgIpc) is 3.26. The molecular formula is C18H24FN3O2. The van der Waals surface area contributed by atoms with E-state index >= 15 is 0 Å². The van der Waals surface area contributed by atoms with Gasteiger partial charge in [-0.3, -0.25) is 10.00 Å². The minimum Gasteiger partial charge on any atom is -0.497 e. The van der Waals surface area contributed by atoms with Crippen LogP contribution in [0.25, 0.3) is 11.3 Å². The Kier molecular flexibility index (Phi) is 5.48. The highest BCUT2D eigenvalue weighted by molar-refractivity contribution is 5.64. The van der Waals surface area contributed by atoms with Crippen LogP contribution in [0.2, 0.25) is 0 Å². The summed E-state index contributed by atoms with van der Waals surface area (Å²) in [7, 11) is 1.53. The average molecular weight is 333 g/mol. The lowest BCUT2D eigenvalue weighted by Gasteiger charge is -2.23. The molecule has 2 heterocycles. The molecule has 0 spiro atoms. The Hall–Kier alpha value is -1.92. The van der Waals surface area contributed by atoms with E-state index < -0.39 is 0 Å². The number of aromatic nitrogens is 2. The Bertz CT molecular complexity index is 668. The van der Waals surface area contributed by atoms with Crippen molar-refractivity contribution < 1.29 is 13.9 Å². The van der Waals surface area contributed by atoms with Crippen LogP contribution in [0, 0.1) is 5.82 Å². The highest BCUT2D eigenvalue weighted by Gasteiger charge is 2.20. The Labute approximate surface area is 141 Å². The molecule has 130 valence electrons. The van der Waals surface area contributed by atoms with Crippen molar-refractivity contribution in [2.75, 3.05) is 26.8 Å². The van der Waals surface area contributed by atoms with Crippen LogP contribution in [0.3, 0.4) is 0 Å². The minimum absolute atomic E-state index is 0.304. The van der Waals surface area contributed by atoms with E-state index in [0.717, 1.165) is 43.8 Å². The van der Waals surface area contributed by atoms with Gasteiger partial charge in [0.2, 0.25) is 0 Å². The van der Waals surface area contributed by atoms with Crippen LogP contribution < -0.4 is 4.74 Å². The molecule has 1 aliphatic rings. The van der Waals surface area contributed by atoms with E-state index in [1.807, 2.05) is 0 Å². The number of ether oxygens (including phenoxy) is 2. The number of likely N-dealkylation sites (N-methyl/N-ethyl adjacent to an activating group) is 1. The normalized spacial score (nSPS) is 17.6. The van der Waals surface area contributed by atoms with Crippen LogP contribution in [0.1, 0.15) is 25.3 Å². The van der Waals surface area contributed by atoms with Gasteiger partial charge in [0.15, 0.2) is 0 Å². The molecule has 1 N–H and O–H groups in total. The smallest absolute Gasteiger partial charge is 0.136 e. The molecule has 5 nitrogen and oxygen atoms in total. The zero-order chi connectivity index (χ0) is 16.9. The summed E-state index contributed by atoms with van der Waals surface area (Å²) in [6.07, 6.45) is 4.33. The van der Waals surface area contributed by atoms with Gasteiger partial charge in [-0.25, -0.2) is 4.39 Å². The third-order valence-electron chi connectivity index (χ3n) is 4.49. The predicted octanol–water partition coefficient (Wildman–Crippen LogP) is 3.23. The molecule has 0 aliphatic carbocycles. The number of benzene rings is 1. The fraction of sp³-hybridized carbons (Fsp3) is 0.500. The Morgan fingerprint density at radius 3 is 3.00 bits per heavy atom. The largest absolute Gasteiger partial charge is 0.497 e. The standard InChI is InChI=1S/C18H24FN3O2/c1-3-22(12-15-5-4-8-24-15)11-13-10-20-21-18(13)16-7-6-14(23-2)9-17(16)19/h6-7,9-10,15H,3-5,8,11-12H2,1-2H3,(H,20,21)/t15-/m1/s1. The van der Waals surface area contributed by atoms with Gasteiger partial charge in [-0.15, -0.1) is 0 Å². The first-order valence-electron chi connectivity index (χ1n) is 8.41. The van der Waals surface area contributed by atoms with Crippen LogP contribution in [0.5, 0.6) is 5.75 Å². The lowest BCUT2D eigenvalue weighted by Crippen LogP contribution is -2.31. The van der Waals surface area contributed by atoms with Crippen molar-refractivity contribution in [3.63, 3.8) is 0 Å². The van der Waals surface area contributed by atoms with Gasteiger partial charge >= 0.3 is 0 Å². The molecule has 1 aliphatic heterocycles. The summed E-state index contributed by atoms with van der Waals surface area (Å²) in [4.78, 5) is 2.31. The molecule has 0 bridgehead atoms. The first-order chi connectivity index (χ1) is 11.7. The van der Waals surface area contributed by atoms with E-state index in [4.69, 9.17) is 9.47 Å². The van der Waals surface area contributed by atoms with Crippen LogP contribution >= 0.6 is 0 Å². The SMILES string of the molecule is CCN(Cc1cn[nH]c1-c1ccc(OC)cc1F)C[C@H]1CCCO1. The first-order valence-corrected chi connectivity index (χ1v) is 8.41. The van der Waals surface area contributed by atoms with Crippen molar-refractivity contribution >= 4 is 0 Å². The second kappa shape index (κ2) is 7.77. The maximum Gasteiger partial charge on any atom is 0.136 e. The Balaban J connectivity index is 1.76. The lowest BCUT2D eigenvalue weighted by molar-refractivity contribution is 0.0725. The van der Waals surface area contributed by atoms with Crippen molar-refractivity contribution in [1.82, 2.24) is 15.1 Å². The number of H-pyrrole nitrogens is 1. The van der Waals surface area contributed by atoms with E-state index in [0.29, 0.717) is 24.0 Å². The lowest BCUT2D eigenvalue weighted by atomic mass is 10.1. The number of halogens is 1. The van der Waals surface area contributed by atoms with Gasteiger partial charge in [0.1, 0.15) is 11.6 Å². The summed E-state index contributed by atoms with van der Waals surface area (Å²) < 4.78 is 25.2. The van der Waals surface area contributed by atoms with Crippen molar-refractivity contribution in [3.8, 4) is 17.0 Å².